The molecule has 2 unspecified atom stereocenters. The number of furan rings is 1. The maximum atomic E-state index is 10.1. The highest BCUT2D eigenvalue weighted by Crippen LogP contribution is 2.20. The number of aliphatic hydroxyl groups is 1. The summed E-state index contributed by atoms with van der Waals surface area (Å²) in [6.07, 6.45) is -0.358. The number of rotatable bonds is 6. The van der Waals surface area contributed by atoms with Crippen LogP contribution in [0.1, 0.15) is 30.0 Å². The second kappa shape index (κ2) is 7.22. The monoisotopic (exact) mass is 282 g/mol. The molecule has 0 spiro atoms. The summed E-state index contributed by atoms with van der Waals surface area (Å²) in [7, 11) is 0. The summed E-state index contributed by atoms with van der Waals surface area (Å²) in [6, 6.07) is 2.24. The van der Waals surface area contributed by atoms with E-state index >= 15 is 0 Å². The molecular weight excluding hydrogens is 256 g/mol. The first-order valence-corrected chi connectivity index (χ1v) is 7.34. The van der Waals surface area contributed by atoms with Gasteiger partial charge in [0.15, 0.2) is 0 Å². The van der Waals surface area contributed by atoms with Gasteiger partial charge in [0.25, 0.3) is 0 Å². The predicted octanol–water partition coefficient (Wildman–Crippen LogP) is 1.24. The molecule has 114 valence electrons. The van der Waals surface area contributed by atoms with Crippen LogP contribution < -0.4 is 5.32 Å². The molecule has 1 aliphatic rings. The normalized spacial score (nSPS) is 20.0. The van der Waals surface area contributed by atoms with Gasteiger partial charge in [-0.25, -0.2) is 0 Å². The number of hydrogen-bond acceptors (Lipinski definition) is 5. The van der Waals surface area contributed by atoms with Gasteiger partial charge >= 0.3 is 0 Å². The van der Waals surface area contributed by atoms with Crippen LogP contribution in [-0.4, -0.2) is 55.5 Å². The first-order valence-electron chi connectivity index (χ1n) is 7.34. The summed E-state index contributed by atoms with van der Waals surface area (Å²) >= 11 is 0. The average Bonchev–Trinajstić information content (AvgIpc) is 2.76. The van der Waals surface area contributed by atoms with Crippen LogP contribution in [0, 0.1) is 13.8 Å². The minimum atomic E-state index is -0.358. The van der Waals surface area contributed by atoms with Gasteiger partial charge in [0.1, 0.15) is 11.5 Å². The standard InChI is InChI=1S/C15H26N2O3/c1-11-8-15(13(3)20-11)12(2)16-9-14(18)10-17-4-6-19-7-5-17/h8,12,14,16,18H,4-7,9-10H2,1-3H3. The Bertz CT molecular complexity index is 413. The number of hydrogen-bond donors (Lipinski definition) is 2. The predicted molar refractivity (Wildman–Crippen MR) is 77.9 cm³/mol. The molecule has 1 aromatic heterocycles. The molecule has 0 bridgehead atoms. The molecule has 2 heterocycles. The molecule has 1 aromatic rings. The van der Waals surface area contributed by atoms with Crippen LogP contribution >= 0.6 is 0 Å². The molecule has 0 aromatic carbocycles. The molecule has 1 fully saturated rings. The third kappa shape index (κ3) is 4.31. The summed E-state index contributed by atoms with van der Waals surface area (Å²) in [4.78, 5) is 2.24. The Labute approximate surface area is 120 Å². The molecule has 5 nitrogen and oxygen atoms in total. The highest BCUT2D eigenvalue weighted by molar-refractivity contribution is 5.23. The van der Waals surface area contributed by atoms with Crippen molar-refractivity contribution in [1.29, 1.82) is 0 Å². The van der Waals surface area contributed by atoms with Crippen molar-refractivity contribution in [3.63, 3.8) is 0 Å². The lowest BCUT2D eigenvalue weighted by Gasteiger charge is -2.29. The molecule has 0 radical (unpaired) electrons. The zero-order valence-corrected chi connectivity index (χ0v) is 12.7. The number of nitrogens with zero attached hydrogens (tertiary/aromatic N) is 1. The highest BCUT2D eigenvalue weighted by Gasteiger charge is 2.17. The fourth-order valence-corrected chi connectivity index (χ4v) is 2.65. The van der Waals surface area contributed by atoms with Crippen molar-refractivity contribution in [3.8, 4) is 0 Å². The maximum absolute atomic E-state index is 10.1. The maximum Gasteiger partial charge on any atom is 0.105 e. The molecule has 1 aliphatic heterocycles. The molecule has 0 saturated carbocycles. The van der Waals surface area contributed by atoms with Crippen molar-refractivity contribution < 1.29 is 14.3 Å². The molecule has 0 amide bonds. The summed E-state index contributed by atoms with van der Waals surface area (Å²) < 4.78 is 10.8. The van der Waals surface area contributed by atoms with E-state index in [4.69, 9.17) is 9.15 Å². The van der Waals surface area contributed by atoms with Gasteiger partial charge < -0.3 is 19.6 Å². The average molecular weight is 282 g/mol. The summed E-state index contributed by atoms with van der Waals surface area (Å²) in [6.45, 7) is 10.7. The molecule has 20 heavy (non-hydrogen) atoms. The van der Waals surface area contributed by atoms with Gasteiger partial charge in [-0.3, -0.25) is 4.90 Å². The van der Waals surface area contributed by atoms with Crippen LogP contribution in [0.3, 0.4) is 0 Å². The summed E-state index contributed by atoms with van der Waals surface area (Å²) in [5.74, 6) is 1.88. The van der Waals surface area contributed by atoms with Crippen LogP contribution in [0.4, 0.5) is 0 Å². The zero-order chi connectivity index (χ0) is 14.5. The first kappa shape index (κ1) is 15.5. The second-order valence-corrected chi connectivity index (χ2v) is 5.57. The Balaban J connectivity index is 1.74. The minimum Gasteiger partial charge on any atom is -0.466 e. The van der Waals surface area contributed by atoms with E-state index in [0.29, 0.717) is 13.1 Å². The van der Waals surface area contributed by atoms with E-state index in [1.807, 2.05) is 13.8 Å². The van der Waals surface area contributed by atoms with Gasteiger partial charge in [0.2, 0.25) is 0 Å². The third-order valence-corrected chi connectivity index (χ3v) is 3.78. The van der Waals surface area contributed by atoms with Gasteiger partial charge in [-0.2, -0.15) is 0 Å². The number of nitrogens with one attached hydrogen (secondary N) is 1. The van der Waals surface area contributed by atoms with Crippen LogP contribution in [0.2, 0.25) is 0 Å². The Hall–Kier alpha value is -0.880. The van der Waals surface area contributed by atoms with Crippen molar-refractivity contribution in [3.05, 3.63) is 23.2 Å². The first-order chi connectivity index (χ1) is 9.56. The van der Waals surface area contributed by atoms with Gasteiger partial charge in [-0.15, -0.1) is 0 Å². The van der Waals surface area contributed by atoms with Crippen molar-refractivity contribution in [2.24, 2.45) is 0 Å². The lowest BCUT2D eigenvalue weighted by Crippen LogP contribution is -2.44. The molecule has 0 aliphatic carbocycles. The zero-order valence-electron chi connectivity index (χ0n) is 12.7. The van der Waals surface area contributed by atoms with E-state index in [1.165, 1.54) is 5.56 Å². The minimum absolute atomic E-state index is 0.187. The summed E-state index contributed by atoms with van der Waals surface area (Å²) in [5.41, 5.74) is 1.17. The molecule has 5 heteroatoms. The lowest BCUT2D eigenvalue weighted by molar-refractivity contribution is 0.0145. The van der Waals surface area contributed by atoms with Crippen molar-refractivity contribution in [1.82, 2.24) is 10.2 Å². The number of morpholine rings is 1. The second-order valence-electron chi connectivity index (χ2n) is 5.57. The van der Waals surface area contributed by atoms with Gasteiger partial charge in [-0.05, 0) is 26.8 Å². The van der Waals surface area contributed by atoms with Gasteiger partial charge in [0, 0.05) is 37.8 Å². The van der Waals surface area contributed by atoms with E-state index < -0.39 is 0 Å². The van der Waals surface area contributed by atoms with E-state index in [-0.39, 0.29) is 12.1 Å². The lowest BCUT2D eigenvalue weighted by atomic mass is 10.1. The van der Waals surface area contributed by atoms with Crippen molar-refractivity contribution in [2.75, 3.05) is 39.4 Å². The fourth-order valence-electron chi connectivity index (χ4n) is 2.65. The largest absolute Gasteiger partial charge is 0.466 e. The Morgan fingerprint density at radius 2 is 2.05 bits per heavy atom. The fraction of sp³-hybridized carbons (Fsp3) is 0.733. The summed E-state index contributed by atoms with van der Waals surface area (Å²) in [5, 5.41) is 13.5. The number of aryl methyl sites for hydroxylation is 2. The van der Waals surface area contributed by atoms with Crippen LogP contribution in [-0.2, 0) is 4.74 Å². The van der Waals surface area contributed by atoms with E-state index in [0.717, 1.165) is 37.8 Å². The van der Waals surface area contributed by atoms with Crippen molar-refractivity contribution in [2.45, 2.75) is 32.9 Å². The molecule has 2 N–H and O–H groups in total. The molecule has 2 rings (SSSR count). The van der Waals surface area contributed by atoms with Gasteiger partial charge in [-0.1, -0.05) is 0 Å². The van der Waals surface area contributed by atoms with E-state index in [1.54, 1.807) is 0 Å². The smallest absolute Gasteiger partial charge is 0.105 e. The van der Waals surface area contributed by atoms with E-state index in [9.17, 15) is 5.11 Å². The van der Waals surface area contributed by atoms with Crippen LogP contribution in [0.5, 0.6) is 0 Å². The Kier molecular flexibility index (Phi) is 5.60. The Morgan fingerprint density at radius 3 is 2.65 bits per heavy atom. The number of aliphatic hydroxyl groups excluding tert-OH is 1. The molecule has 1 saturated heterocycles. The van der Waals surface area contributed by atoms with Crippen LogP contribution in [0.15, 0.2) is 10.5 Å². The topological polar surface area (TPSA) is 57.9 Å². The number of β-amino-alcohol motifs (C(OH)–C–C–N with tert-alkyl or cyclic N) is 1. The molecular formula is C15H26N2O3. The molecule has 2 atom stereocenters. The third-order valence-electron chi connectivity index (χ3n) is 3.78. The highest BCUT2D eigenvalue weighted by atomic mass is 16.5. The van der Waals surface area contributed by atoms with Crippen LogP contribution in [0.25, 0.3) is 0 Å². The Morgan fingerprint density at radius 1 is 1.35 bits per heavy atom. The number of ether oxygens (including phenoxy) is 1. The SMILES string of the molecule is Cc1cc(C(C)NCC(O)CN2CCOCC2)c(C)o1. The quantitative estimate of drug-likeness (QED) is 0.822. The van der Waals surface area contributed by atoms with Crippen molar-refractivity contribution >= 4 is 0 Å². The van der Waals surface area contributed by atoms with Gasteiger partial charge in [0.05, 0.1) is 19.3 Å². The van der Waals surface area contributed by atoms with E-state index in [2.05, 4.69) is 23.2 Å².